The fourth-order valence-electron chi connectivity index (χ4n) is 3.27. The molecule has 0 bridgehead atoms. The molecule has 0 atom stereocenters. The second-order valence-electron chi connectivity index (χ2n) is 8.42. The molecule has 0 amide bonds. The van der Waals surface area contributed by atoms with Crippen LogP contribution in [0.3, 0.4) is 0 Å². The summed E-state index contributed by atoms with van der Waals surface area (Å²) in [7, 11) is 0. The average Bonchev–Trinajstić information content (AvgIpc) is 3.01. The molecule has 1 aliphatic heterocycles. The molecule has 27 heavy (non-hydrogen) atoms. The van der Waals surface area contributed by atoms with Crippen LogP contribution in [0.5, 0.6) is 0 Å². The smallest absolute Gasteiger partial charge is 0.166 e. The van der Waals surface area contributed by atoms with Gasteiger partial charge in [0.05, 0.1) is 13.2 Å². The Kier molecular flexibility index (Phi) is 11.6. The van der Waals surface area contributed by atoms with E-state index in [1.165, 1.54) is 41.6 Å². The lowest BCUT2D eigenvalue weighted by atomic mass is 10.0. The summed E-state index contributed by atoms with van der Waals surface area (Å²) in [6.45, 7) is 14.6. The molecule has 0 aromatic heterocycles. The molecule has 0 spiro atoms. The van der Waals surface area contributed by atoms with Gasteiger partial charge in [0.2, 0.25) is 0 Å². The van der Waals surface area contributed by atoms with E-state index < -0.39 is 0 Å². The van der Waals surface area contributed by atoms with Crippen molar-refractivity contribution >= 4 is 0 Å². The highest BCUT2D eigenvalue weighted by molar-refractivity contribution is 5.07. The summed E-state index contributed by atoms with van der Waals surface area (Å²) in [6.07, 6.45) is 18.4. The number of rotatable bonds is 12. The maximum absolute atomic E-state index is 5.65. The van der Waals surface area contributed by atoms with Crippen LogP contribution in [0.1, 0.15) is 92.9 Å². The minimum absolute atomic E-state index is 0.357. The summed E-state index contributed by atoms with van der Waals surface area (Å²) in [6, 6.07) is 0. The van der Waals surface area contributed by atoms with Gasteiger partial charge >= 0.3 is 0 Å². The summed E-state index contributed by atoms with van der Waals surface area (Å²) in [5.41, 5.74) is 5.91. The maximum atomic E-state index is 5.65. The van der Waals surface area contributed by atoms with Crippen LogP contribution in [-0.4, -0.2) is 19.0 Å². The summed E-state index contributed by atoms with van der Waals surface area (Å²) in [5.74, 6) is -0.357. The molecule has 1 aliphatic rings. The molecule has 1 saturated heterocycles. The molecular formula is C25H42O2. The second kappa shape index (κ2) is 13.1. The predicted octanol–water partition coefficient (Wildman–Crippen LogP) is 7.68. The maximum Gasteiger partial charge on any atom is 0.166 e. The van der Waals surface area contributed by atoms with Crippen LogP contribution in [0.15, 0.2) is 46.6 Å². The number of ether oxygens (including phenoxy) is 2. The van der Waals surface area contributed by atoms with Gasteiger partial charge in [0, 0.05) is 6.42 Å². The third-order valence-corrected chi connectivity index (χ3v) is 5.14. The Morgan fingerprint density at radius 1 is 0.667 bits per heavy atom. The van der Waals surface area contributed by atoms with E-state index in [-0.39, 0.29) is 5.79 Å². The molecule has 0 aromatic carbocycles. The van der Waals surface area contributed by atoms with Gasteiger partial charge in [-0.1, -0.05) is 46.6 Å². The third-order valence-electron chi connectivity index (χ3n) is 5.14. The predicted molar refractivity (Wildman–Crippen MR) is 118 cm³/mol. The third kappa shape index (κ3) is 12.0. The summed E-state index contributed by atoms with van der Waals surface area (Å²) in [4.78, 5) is 0. The molecule has 0 N–H and O–H groups in total. The van der Waals surface area contributed by atoms with Crippen LogP contribution in [-0.2, 0) is 9.47 Å². The minimum Gasteiger partial charge on any atom is -0.348 e. The quantitative estimate of drug-likeness (QED) is 0.326. The Morgan fingerprint density at radius 2 is 1.07 bits per heavy atom. The van der Waals surface area contributed by atoms with Gasteiger partial charge in [-0.2, -0.15) is 0 Å². The first kappa shape index (κ1) is 23.9. The molecule has 0 aromatic rings. The van der Waals surface area contributed by atoms with Crippen molar-refractivity contribution in [3.05, 3.63) is 46.6 Å². The fourth-order valence-corrected chi connectivity index (χ4v) is 3.27. The number of hydrogen-bond donors (Lipinski definition) is 0. The number of hydrogen-bond acceptors (Lipinski definition) is 2. The van der Waals surface area contributed by atoms with Crippen molar-refractivity contribution in [1.29, 1.82) is 0 Å². The molecule has 0 saturated carbocycles. The van der Waals surface area contributed by atoms with E-state index >= 15 is 0 Å². The van der Waals surface area contributed by atoms with Gasteiger partial charge in [0.1, 0.15) is 0 Å². The van der Waals surface area contributed by atoms with E-state index in [1.54, 1.807) is 0 Å². The van der Waals surface area contributed by atoms with Crippen LogP contribution in [0.25, 0.3) is 0 Å². The zero-order valence-electron chi connectivity index (χ0n) is 18.7. The van der Waals surface area contributed by atoms with Crippen LogP contribution in [0, 0.1) is 0 Å². The molecule has 0 aliphatic carbocycles. The topological polar surface area (TPSA) is 18.5 Å². The van der Waals surface area contributed by atoms with Crippen molar-refractivity contribution in [3.63, 3.8) is 0 Å². The van der Waals surface area contributed by atoms with Gasteiger partial charge in [-0.05, 0) is 86.5 Å². The van der Waals surface area contributed by atoms with E-state index in [2.05, 4.69) is 58.9 Å². The largest absolute Gasteiger partial charge is 0.348 e. The Hall–Kier alpha value is -1.12. The Balaban J connectivity index is 2.19. The van der Waals surface area contributed by atoms with E-state index in [0.29, 0.717) is 0 Å². The van der Waals surface area contributed by atoms with Crippen LogP contribution in [0.2, 0.25) is 0 Å². The molecule has 2 heteroatoms. The summed E-state index contributed by atoms with van der Waals surface area (Å²) < 4.78 is 11.3. The van der Waals surface area contributed by atoms with Crippen LogP contribution >= 0.6 is 0 Å². The lowest BCUT2D eigenvalue weighted by Gasteiger charge is -2.21. The minimum atomic E-state index is -0.357. The number of allylic oxidation sites excluding steroid dienone is 8. The molecule has 0 unspecified atom stereocenters. The van der Waals surface area contributed by atoms with E-state index in [9.17, 15) is 0 Å². The summed E-state index contributed by atoms with van der Waals surface area (Å²) >= 11 is 0. The average molecular weight is 375 g/mol. The normalized spacial score (nSPS) is 18.1. The Bertz CT molecular complexity index is 539. The van der Waals surface area contributed by atoms with Crippen molar-refractivity contribution in [2.45, 2.75) is 98.7 Å². The van der Waals surface area contributed by atoms with Crippen LogP contribution < -0.4 is 0 Å². The Morgan fingerprint density at radius 3 is 1.52 bits per heavy atom. The van der Waals surface area contributed by atoms with Crippen molar-refractivity contribution in [3.8, 4) is 0 Å². The van der Waals surface area contributed by atoms with Gasteiger partial charge in [-0.25, -0.2) is 0 Å². The molecule has 1 rings (SSSR count). The fraction of sp³-hybridized carbons (Fsp3) is 0.680. The Labute approximate surface area is 168 Å². The van der Waals surface area contributed by atoms with Crippen molar-refractivity contribution in [1.82, 2.24) is 0 Å². The molecule has 154 valence electrons. The lowest BCUT2D eigenvalue weighted by Crippen LogP contribution is -2.24. The molecule has 1 heterocycles. The molecule has 0 radical (unpaired) electrons. The zero-order valence-corrected chi connectivity index (χ0v) is 18.7. The first-order valence-corrected chi connectivity index (χ1v) is 10.7. The van der Waals surface area contributed by atoms with Gasteiger partial charge in [0.15, 0.2) is 5.79 Å². The lowest BCUT2D eigenvalue weighted by molar-refractivity contribution is -0.145. The van der Waals surface area contributed by atoms with Gasteiger partial charge in [-0.15, -0.1) is 0 Å². The highest BCUT2D eigenvalue weighted by Crippen LogP contribution is 2.24. The SMILES string of the molecule is CC(C)=CCCC(C)=CCCC(C)=CCCC(C)=CCCC1(C)OCCO1. The molecular weight excluding hydrogens is 332 g/mol. The standard InChI is InChI=1S/C25H42O2/c1-21(2)11-7-12-22(3)13-8-14-23(4)15-9-16-24(5)17-10-18-25(6)26-19-20-27-25/h11,13,15,17H,7-10,12,14,16,18-20H2,1-6H3. The first-order chi connectivity index (χ1) is 12.8. The highest BCUT2D eigenvalue weighted by Gasteiger charge is 2.29. The van der Waals surface area contributed by atoms with Crippen LogP contribution in [0.4, 0.5) is 0 Å². The molecule has 1 fully saturated rings. The van der Waals surface area contributed by atoms with Crippen molar-refractivity contribution < 1.29 is 9.47 Å². The van der Waals surface area contributed by atoms with E-state index in [1.807, 2.05) is 6.92 Å². The van der Waals surface area contributed by atoms with Crippen molar-refractivity contribution in [2.24, 2.45) is 0 Å². The van der Waals surface area contributed by atoms with Crippen molar-refractivity contribution in [2.75, 3.05) is 13.2 Å². The zero-order chi connectivity index (χ0) is 20.1. The highest BCUT2D eigenvalue weighted by atomic mass is 16.7. The van der Waals surface area contributed by atoms with Gasteiger partial charge < -0.3 is 9.47 Å². The second-order valence-corrected chi connectivity index (χ2v) is 8.42. The molecule has 2 nitrogen and oxygen atoms in total. The van der Waals surface area contributed by atoms with Gasteiger partial charge in [-0.3, -0.25) is 0 Å². The van der Waals surface area contributed by atoms with Gasteiger partial charge in [0.25, 0.3) is 0 Å². The van der Waals surface area contributed by atoms with E-state index in [4.69, 9.17) is 9.47 Å². The van der Waals surface area contributed by atoms with E-state index in [0.717, 1.165) is 45.3 Å². The first-order valence-electron chi connectivity index (χ1n) is 10.7. The summed E-state index contributed by atoms with van der Waals surface area (Å²) in [5, 5.41) is 0. The monoisotopic (exact) mass is 374 g/mol.